The third-order valence-electron chi connectivity index (χ3n) is 7.06. The molecule has 0 saturated heterocycles. The Morgan fingerprint density at radius 2 is 1.84 bits per heavy atom. The van der Waals surface area contributed by atoms with E-state index in [1.807, 2.05) is 6.08 Å². The van der Waals surface area contributed by atoms with Crippen LogP contribution in [0.2, 0.25) is 0 Å². The van der Waals surface area contributed by atoms with Crippen LogP contribution in [-0.2, 0) is 13.0 Å². The Morgan fingerprint density at radius 1 is 1.13 bits per heavy atom. The van der Waals surface area contributed by atoms with Crippen molar-refractivity contribution in [1.82, 2.24) is 4.90 Å². The maximum Gasteiger partial charge on any atom is 0.254 e. The van der Waals surface area contributed by atoms with Gasteiger partial charge in [-0.3, -0.25) is 9.79 Å². The van der Waals surface area contributed by atoms with Crippen LogP contribution < -0.4 is 5.73 Å². The summed E-state index contributed by atoms with van der Waals surface area (Å²) in [7, 11) is 1.73. The summed E-state index contributed by atoms with van der Waals surface area (Å²) >= 11 is 0. The van der Waals surface area contributed by atoms with Crippen LogP contribution in [0.3, 0.4) is 0 Å². The van der Waals surface area contributed by atoms with Crippen molar-refractivity contribution in [2.24, 2.45) is 10.7 Å². The molecule has 0 radical (unpaired) electrons. The molecule has 2 N–H and O–H groups in total. The number of hydrogen-bond donors (Lipinski definition) is 1. The molecule has 1 fully saturated rings. The van der Waals surface area contributed by atoms with E-state index in [1.54, 1.807) is 13.3 Å². The molecular weight excluding hydrogens is 382 g/mol. The van der Waals surface area contributed by atoms with Gasteiger partial charge in [-0.15, -0.1) is 0 Å². The zero-order valence-corrected chi connectivity index (χ0v) is 18.9. The molecule has 162 valence electrons. The average Bonchev–Trinajstić information content (AvgIpc) is 3.13. The molecule has 0 spiro atoms. The monoisotopic (exact) mass is 415 g/mol. The number of carbonyl (C=O) groups excluding carboxylic acids is 1. The number of hydrogen-bond acceptors (Lipinski definition) is 3. The summed E-state index contributed by atoms with van der Waals surface area (Å²) in [5.41, 5.74) is 15.0. The molecule has 4 nitrogen and oxygen atoms in total. The van der Waals surface area contributed by atoms with Crippen molar-refractivity contribution < 1.29 is 4.79 Å². The highest BCUT2D eigenvalue weighted by molar-refractivity contribution is 5.99. The summed E-state index contributed by atoms with van der Waals surface area (Å²) < 4.78 is 0. The quantitative estimate of drug-likeness (QED) is 0.684. The number of carbonyl (C=O) groups is 1. The molecule has 4 heteroatoms. The van der Waals surface area contributed by atoms with Gasteiger partial charge in [0.25, 0.3) is 5.91 Å². The fourth-order valence-corrected chi connectivity index (χ4v) is 4.99. The van der Waals surface area contributed by atoms with Crippen LogP contribution in [0.25, 0.3) is 5.70 Å². The van der Waals surface area contributed by atoms with E-state index in [-0.39, 0.29) is 5.91 Å². The SMILES string of the molecule is CN=CC=C(N)c1ccc(Cc2cc3c(c(C)c2C)CN(C2CCCCC2)C3=O)cc1. The number of allylic oxidation sites excluding steroid dienone is 1. The molecule has 0 bridgehead atoms. The first-order valence-electron chi connectivity index (χ1n) is 11.4. The summed E-state index contributed by atoms with van der Waals surface area (Å²) in [5.74, 6) is 0.233. The van der Waals surface area contributed by atoms with Gasteiger partial charge in [-0.2, -0.15) is 0 Å². The number of amides is 1. The van der Waals surface area contributed by atoms with E-state index in [9.17, 15) is 4.79 Å². The summed E-state index contributed by atoms with van der Waals surface area (Å²) in [4.78, 5) is 19.4. The molecule has 0 aromatic heterocycles. The molecule has 2 aliphatic rings. The summed E-state index contributed by atoms with van der Waals surface area (Å²) in [5, 5.41) is 0. The van der Waals surface area contributed by atoms with Gasteiger partial charge in [-0.25, -0.2) is 0 Å². The van der Waals surface area contributed by atoms with Gasteiger partial charge in [-0.1, -0.05) is 43.5 Å². The van der Waals surface area contributed by atoms with Crippen molar-refractivity contribution in [1.29, 1.82) is 0 Å². The number of nitrogens with zero attached hydrogens (tertiary/aromatic N) is 2. The van der Waals surface area contributed by atoms with Crippen LogP contribution in [0.5, 0.6) is 0 Å². The average molecular weight is 416 g/mol. The van der Waals surface area contributed by atoms with E-state index in [4.69, 9.17) is 5.73 Å². The molecule has 31 heavy (non-hydrogen) atoms. The molecule has 1 saturated carbocycles. The normalized spacial score (nSPS) is 17.6. The Morgan fingerprint density at radius 3 is 2.52 bits per heavy atom. The second-order valence-corrected chi connectivity index (χ2v) is 8.94. The van der Waals surface area contributed by atoms with Crippen molar-refractivity contribution in [2.75, 3.05) is 7.05 Å². The number of benzene rings is 2. The van der Waals surface area contributed by atoms with Crippen LogP contribution in [0, 0.1) is 13.8 Å². The Kier molecular flexibility index (Phi) is 6.26. The largest absolute Gasteiger partial charge is 0.398 e. The summed E-state index contributed by atoms with van der Waals surface area (Å²) in [6, 6.07) is 10.9. The predicted octanol–water partition coefficient (Wildman–Crippen LogP) is 5.18. The first-order chi connectivity index (χ1) is 15.0. The molecule has 2 aromatic rings. The predicted molar refractivity (Wildman–Crippen MR) is 128 cm³/mol. The molecule has 1 aliphatic carbocycles. The highest BCUT2D eigenvalue weighted by atomic mass is 16.2. The Balaban J connectivity index is 1.57. The van der Waals surface area contributed by atoms with E-state index in [1.165, 1.54) is 47.1 Å². The van der Waals surface area contributed by atoms with E-state index in [2.05, 4.69) is 54.1 Å². The Bertz CT molecular complexity index is 1030. The molecule has 0 atom stereocenters. The molecule has 0 unspecified atom stereocenters. The third-order valence-corrected chi connectivity index (χ3v) is 7.06. The van der Waals surface area contributed by atoms with Gasteiger partial charge < -0.3 is 10.6 Å². The van der Waals surface area contributed by atoms with Crippen molar-refractivity contribution in [3.8, 4) is 0 Å². The minimum atomic E-state index is 0.233. The van der Waals surface area contributed by atoms with E-state index < -0.39 is 0 Å². The standard InChI is InChI=1S/C27H33N3O/c1-18-19(2)25-17-30(23-7-5-4-6-8-23)27(31)24(25)16-22(18)15-20-9-11-21(12-10-20)26(28)13-14-29-3/h9-14,16,23H,4-8,15,17,28H2,1-3H3. The maximum absolute atomic E-state index is 13.3. The van der Waals surface area contributed by atoms with Gasteiger partial charge in [0, 0.05) is 37.1 Å². The first kappa shape index (κ1) is 21.4. The molecule has 1 aliphatic heterocycles. The van der Waals surface area contributed by atoms with Crippen molar-refractivity contribution in [2.45, 2.75) is 65.0 Å². The zero-order valence-electron chi connectivity index (χ0n) is 18.9. The molecule has 1 heterocycles. The van der Waals surface area contributed by atoms with E-state index in [0.29, 0.717) is 11.7 Å². The van der Waals surface area contributed by atoms with Crippen LogP contribution in [-0.4, -0.2) is 30.1 Å². The summed E-state index contributed by atoms with van der Waals surface area (Å²) in [6.07, 6.45) is 10.4. The lowest BCUT2D eigenvalue weighted by Crippen LogP contribution is -2.36. The van der Waals surface area contributed by atoms with Gasteiger partial charge in [0.05, 0.1) is 0 Å². The third kappa shape index (κ3) is 4.30. The van der Waals surface area contributed by atoms with Gasteiger partial charge in [0.2, 0.25) is 0 Å². The van der Waals surface area contributed by atoms with E-state index >= 15 is 0 Å². The first-order valence-corrected chi connectivity index (χ1v) is 11.4. The Labute approximate surface area is 185 Å². The molecule has 2 aromatic carbocycles. The van der Waals surface area contributed by atoms with Crippen LogP contribution in [0.1, 0.15) is 75.8 Å². The fourth-order valence-electron chi connectivity index (χ4n) is 4.99. The molecule has 1 amide bonds. The number of aliphatic imine (C=N–C) groups is 1. The second kappa shape index (κ2) is 9.09. The van der Waals surface area contributed by atoms with Crippen molar-refractivity contribution >= 4 is 17.8 Å². The van der Waals surface area contributed by atoms with Gasteiger partial charge >= 0.3 is 0 Å². The van der Waals surface area contributed by atoms with Gasteiger partial charge in [0.1, 0.15) is 0 Å². The highest BCUT2D eigenvalue weighted by Crippen LogP contribution is 2.35. The zero-order chi connectivity index (χ0) is 22.0. The molecule has 4 rings (SSSR count). The van der Waals surface area contributed by atoms with Crippen molar-refractivity contribution in [3.05, 3.63) is 75.4 Å². The minimum absolute atomic E-state index is 0.233. The van der Waals surface area contributed by atoms with Crippen LogP contribution >= 0.6 is 0 Å². The van der Waals surface area contributed by atoms with Gasteiger partial charge in [0.15, 0.2) is 0 Å². The number of rotatable bonds is 5. The van der Waals surface area contributed by atoms with E-state index in [0.717, 1.165) is 36.9 Å². The van der Waals surface area contributed by atoms with Crippen molar-refractivity contribution in [3.63, 3.8) is 0 Å². The lowest BCUT2D eigenvalue weighted by molar-refractivity contribution is 0.0660. The second-order valence-electron chi connectivity index (χ2n) is 8.94. The lowest BCUT2D eigenvalue weighted by atomic mass is 9.91. The Hall–Kier alpha value is -2.88. The van der Waals surface area contributed by atoms with Crippen LogP contribution in [0.4, 0.5) is 0 Å². The molecular formula is C27H33N3O. The van der Waals surface area contributed by atoms with Gasteiger partial charge in [-0.05, 0) is 78.6 Å². The van der Waals surface area contributed by atoms with Crippen LogP contribution in [0.15, 0.2) is 41.4 Å². The minimum Gasteiger partial charge on any atom is -0.398 e. The topological polar surface area (TPSA) is 58.7 Å². The lowest BCUT2D eigenvalue weighted by Gasteiger charge is -2.30. The fraction of sp³-hybridized carbons (Fsp3) is 0.407. The highest BCUT2D eigenvalue weighted by Gasteiger charge is 2.35. The summed E-state index contributed by atoms with van der Waals surface area (Å²) in [6.45, 7) is 5.16. The number of fused-ring (bicyclic) bond motifs is 1. The maximum atomic E-state index is 13.3. The smallest absolute Gasteiger partial charge is 0.254 e. The number of nitrogens with two attached hydrogens (primary N) is 1.